The monoisotopic (exact) mass is 565 g/mol. The highest BCUT2D eigenvalue weighted by Crippen LogP contribution is 2.29. The number of hydrogen-bond donors (Lipinski definition) is 2. The van der Waals surface area contributed by atoms with Crippen LogP contribution in [0.3, 0.4) is 0 Å². The number of aliphatic hydroxyl groups excluding tert-OH is 1. The van der Waals surface area contributed by atoms with E-state index in [-0.39, 0.29) is 25.0 Å². The lowest BCUT2D eigenvalue weighted by Gasteiger charge is -2.15. The lowest BCUT2D eigenvalue weighted by Crippen LogP contribution is -2.27. The Balaban J connectivity index is 1.51. The maximum absolute atomic E-state index is 13.9. The molecule has 1 atom stereocenters. The molecule has 5 rings (SSSR count). The highest BCUT2D eigenvalue weighted by Gasteiger charge is 2.23. The lowest BCUT2D eigenvalue weighted by molar-refractivity contribution is 0.0889. The molecule has 0 radical (unpaired) electrons. The first-order valence-corrected chi connectivity index (χ1v) is 16.7. The first-order chi connectivity index (χ1) is 19.0. The van der Waals surface area contributed by atoms with Crippen LogP contribution < -0.4 is 5.32 Å². The molecule has 210 valence electrons. The summed E-state index contributed by atoms with van der Waals surface area (Å²) in [7, 11) is 0.461. The van der Waals surface area contributed by atoms with Gasteiger partial charge in [-0.05, 0) is 31.2 Å². The zero-order valence-electron chi connectivity index (χ0n) is 23.1. The Hall–Kier alpha value is -3.94. The zero-order chi connectivity index (χ0) is 28.6. The van der Waals surface area contributed by atoms with Crippen molar-refractivity contribution in [3.05, 3.63) is 59.8 Å². The number of oxazole rings is 1. The van der Waals surface area contributed by atoms with Gasteiger partial charge in [-0.2, -0.15) is 5.10 Å². The van der Waals surface area contributed by atoms with Crippen LogP contribution >= 0.6 is 0 Å². The Labute approximate surface area is 231 Å². The summed E-state index contributed by atoms with van der Waals surface area (Å²) in [6.07, 6.45) is 4.62. The molecule has 4 aromatic heterocycles. The average molecular weight is 566 g/mol. The molecule has 1 amide bonds. The molecule has 1 aromatic carbocycles. The van der Waals surface area contributed by atoms with Gasteiger partial charge in [-0.25, -0.2) is 19.3 Å². The quantitative estimate of drug-likeness (QED) is 0.188. The second-order valence-corrected chi connectivity index (χ2v) is 16.6. The third-order valence-electron chi connectivity index (χ3n) is 6.54. The van der Waals surface area contributed by atoms with Crippen LogP contribution in [0.25, 0.3) is 33.5 Å². The van der Waals surface area contributed by atoms with E-state index >= 15 is 0 Å². The first kappa shape index (κ1) is 27.6. The summed E-state index contributed by atoms with van der Waals surface area (Å²) in [4.78, 5) is 27.1. The molecule has 13 heteroatoms. The Kier molecular flexibility index (Phi) is 7.53. The molecule has 0 aliphatic rings. The van der Waals surface area contributed by atoms with Gasteiger partial charge in [0.25, 0.3) is 5.91 Å². The molecule has 40 heavy (non-hydrogen) atoms. The summed E-state index contributed by atoms with van der Waals surface area (Å²) in [6, 6.07) is 4.88. The molecular formula is C27H32FN7O4Si. The summed E-state index contributed by atoms with van der Waals surface area (Å²) >= 11 is 0. The fraction of sp³-hybridized carbons (Fsp3) is 0.370. The SMILES string of the molecule is C[C@@H](NC(=O)c1cn(COCC[Si](C)(C)C)c2ncc(-c3nn(C)c4cc(F)ccc34)nc12)c1nc(CO)co1. The topological polar surface area (TPSA) is 133 Å². The molecule has 11 nitrogen and oxygen atoms in total. The van der Waals surface area contributed by atoms with Gasteiger partial charge in [0, 0.05) is 33.3 Å². The van der Waals surface area contributed by atoms with Gasteiger partial charge in [-0.15, -0.1) is 0 Å². The van der Waals surface area contributed by atoms with E-state index in [0.717, 1.165) is 11.4 Å². The van der Waals surface area contributed by atoms with E-state index in [0.29, 0.717) is 45.9 Å². The number of hydrogen-bond acceptors (Lipinski definition) is 8. The molecule has 0 saturated heterocycles. The van der Waals surface area contributed by atoms with Gasteiger partial charge in [0.15, 0.2) is 5.65 Å². The van der Waals surface area contributed by atoms with Gasteiger partial charge in [0.1, 0.15) is 47.5 Å². The largest absolute Gasteiger partial charge is 0.446 e. The number of nitrogens with zero attached hydrogens (tertiary/aromatic N) is 6. The van der Waals surface area contributed by atoms with Crippen LogP contribution in [0.2, 0.25) is 25.7 Å². The van der Waals surface area contributed by atoms with Gasteiger partial charge in [-0.1, -0.05) is 19.6 Å². The van der Waals surface area contributed by atoms with Crippen LogP contribution in [0.15, 0.2) is 41.3 Å². The van der Waals surface area contributed by atoms with Gasteiger partial charge >= 0.3 is 0 Å². The highest BCUT2D eigenvalue weighted by atomic mass is 28.3. The number of ether oxygens (including phenoxy) is 1. The molecule has 0 aliphatic carbocycles. The third-order valence-corrected chi connectivity index (χ3v) is 8.25. The minimum Gasteiger partial charge on any atom is -0.446 e. The van der Waals surface area contributed by atoms with Gasteiger partial charge in [0.05, 0.1) is 23.9 Å². The molecule has 0 aliphatic heterocycles. The Morgan fingerprint density at radius 3 is 2.80 bits per heavy atom. The molecule has 0 unspecified atom stereocenters. The predicted octanol–water partition coefficient (Wildman–Crippen LogP) is 4.41. The van der Waals surface area contributed by atoms with Crippen LogP contribution in [0.4, 0.5) is 4.39 Å². The average Bonchev–Trinajstić information content (AvgIpc) is 3.62. The Morgan fingerprint density at radius 2 is 2.08 bits per heavy atom. The number of aryl methyl sites for hydroxylation is 1. The van der Waals surface area contributed by atoms with E-state index in [9.17, 15) is 14.3 Å². The van der Waals surface area contributed by atoms with Crippen LogP contribution in [0, 0.1) is 5.82 Å². The molecule has 5 aromatic rings. The van der Waals surface area contributed by atoms with E-state index < -0.39 is 20.0 Å². The van der Waals surface area contributed by atoms with Crippen LogP contribution in [-0.2, 0) is 25.1 Å². The second kappa shape index (κ2) is 10.9. The van der Waals surface area contributed by atoms with Crippen molar-refractivity contribution in [3.63, 3.8) is 0 Å². The molecule has 2 N–H and O–H groups in total. The summed E-state index contributed by atoms with van der Waals surface area (Å²) < 4.78 is 28.6. The fourth-order valence-corrected chi connectivity index (χ4v) is 5.08. The number of carbonyl (C=O) groups is 1. The van der Waals surface area contributed by atoms with E-state index in [1.165, 1.54) is 18.4 Å². The molecule has 0 spiro atoms. The molecule has 0 fully saturated rings. The van der Waals surface area contributed by atoms with E-state index in [1.54, 1.807) is 41.7 Å². The smallest absolute Gasteiger partial charge is 0.255 e. The van der Waals surface area contributed by atoms with Crippen molar-refractivity contribution in [2.45, 2.75) is 52.0 Å². The predicted molar refractivity (Wildman–Crippen MR) is 150 cm³/mol. The molecular weight excluding hydrogens is 533 g/mol. The summed E-state index contributed by atoms with van der Waals surface area (Å²) in [5.74, 6) is -0.490. The van der Waals surface area contributed by atoms with Crippen LogP contribution in [0.1, 0.15) is 34.9 Å². The molecule has 0 saturated carbocycles. The maximum atomic E-state index is 13.9. The number of aromatic nitrogens is 6. The minimum absolute atomic E-state index is 0.212. The number of carbonyl (C=O) groups excluding carboxylic acids is 1. The van der Waals surface area contributed by atoms with Gasteiger partial charge in [0.2, 0.25) is 5.89 Å². The van der Waals surface area contributed by atoms with E-state index in [2.05, 4.69) is 40.0 Å². The third kappa shape index (κ3) is 5.66. The number of benzene rings is 1. The standard InChI is InChI=1S/C27H32FN7O4Si/c1-16(27-31-18(13-36)14-39-27)30-26(37)20-12-35(15-38-8-9-40(3,4)5)25-24(20)32-21(11-29-25)23-19-7-6-17(28)10-22(19)34(2)33-23/h6-7,10-12,14,16,36H,8-9,13,15H2,1-5H3,(H,30,37)/t16-/m1/s1. The van der Waals surface area contributed by atoms with Crippen LogP contribution in [-0.4, -0.2) is 55.0 Å². The Morgan fingerprint density at radius 1 is 1.27 bits per heavy atom. The van der Waals surface area contributed by atoms with E-state index in [4.69, 9.17) is 14.1 Å². The van der Waals surface area contributed by atoms with Crippen molar-refractivity contribution in [1.29, 1.82) is 0 Å². The lowest BCUT2D eigenvalue weighted by atomic mass is 10.1. The summed E-state index contributed by atoms with van der Waals surface area (Å²) in [6.45, 7) is 9.14. The van der Waals surface area contributed by atoms with E-state index in [1.807, 2.05) is 0 Å². The minimum atomic E-state index is -1.27. The maximum Gasteiger partial charge on any atom is 0.255 e. The Bertz CT molecular complexity index is 1690. The molecule has 0 bridgehead atoms. The summed E-state index contributed by atoms with van der Waals surface area (Å²) in [5.41, 5.74) is 3.13. The van der Waals surface area contributed by atoms with Crippen LogP contribution in [0.5, 0.6) is 0 Å². The first-order valence-electron chi connectivity index (χ1n) is 13.0. The van der Waals surface area contributed by atoms with Crippen molar-refractivity contribution in [1.82, 2.24) is 34.6 Å². The van der Waals surface area contributed by atoms with Gasteiger partial charge in [-0.3, -0.25) is 9.48 Å². The van der Waals surface area contributed by atoms with Crippen molar-refractivity contribution >= 4 is 36.0 Å². The van der Waals surface area contributed by atoms with Gasteiger partial charge < -0.3 is 24.1 Å². The van der Waals surface area contributed by atoms with Crippen molar-refractivity contribution in [2.24, 2.45) is 7.05 Å². The number of aliphatic hydroxyl groups is 1. The van der Waals surface area contributed by atoms with Crippen molar-refractivity contribution < 1.29 is 23.4 Å². The number of fused-ring (bicyclic) bond motifs is 2. The summed E-state index contributed by atoms with van der Waals surface area (Å²) in [5, 5.41) is 17.4. The second-order valence-electron chi connectivity index (χ2n) is 11.0. The molecule has 4 heterocycles. The number of amides is 1. The fourth-order valence-electron chi connectivity index (χ4n) is 4.32. The zero-order valence-corrected chi connectivity index (χ0v) is 24.1. The number of rotatable bonds is 10. The van der Waals surface area contributed by atoms with Crippen molar-refractivity contribution in [2.75, 3.05) is 6.61 Å². The normalized spacial score (nSPS) is 12.9. The number of nitrogens with one attached hydrogen (secondary N) is 1. The number of halogens is 1. The highest BCUT2D eigenvalue weighted by molar-refractivity contribution is 6.76. The van der Waals surface area contributed by atoms with Crippen molar-refractivity contribution in [3.8, 4) is 11.4 Å².